The maximum atomic E-state index is 12.6. The molecule has 0 radical (unpaired) electrons. The van der Waals surface area contributed by atoms with Crippen LogP contribution in [0.1, 0.15) is 51.9 Å². The van der Waals surface area contributed by atoms with Crippen LogP contribution in [0.15, 0.2) is 0 Å². The first kappa shape index (κ1) is 13.4. The van der Waals surface area contributed by atoms with E-state index in [1.165, 1.54) is 32.1 Å². The van der Waals surface area contributed by atoms with Gasteiger partial charge in [-0.2, -0.15) is 0 Å². The summed E-state index contributed by atoms with van der Waals surface area (Å²) < 4.78 is 0. The van der Waals surface area contributed by atoms with Crippen LogP contribution in [0, 0.1) is 11.3 Å². The van der Waals surface area contributed by atoms with Gasteiger partial charge in [-0.3, -0.25) is 4.79 Å². The molecule has 0 bridgehead atoms. The van der Waals surface area contributed by atoms with Crippen LogP contribution in [0.5, 0.6) is 0 Å². The molecule has 1 aliphatic heterocycles. The van der Waals surface area contributed by atoms with Gasteiger partial charge in [0.15, 0.2) is 0 Å². The average Bonchev–Trinajstić information content (AvgIpc) is 2.78. The number of halogens is 1. The summed E-state index contributed by atoms with van der Waals surface area (Å²) in [7, 11) is 0. The maximum absolute atomic E-state index is 12.6. The molecule has 1 unspecified atom stereocenters. The first-order valence-corrected chi connectivity index (χ1v) is 8.13. The first-order valence-electron chi connectivity index (χ1n) is 7.01. The number of alkyl halides is 1. The number of carbonyl (C=O) groups excluding carboxylic acids is 1. The minimum atomic E-state index is -0.0401. The van der Waals surface area contributed by atoms with Gasteiger partial charge in [-0.15, -0.1) is 0 Å². The maximum Gasteiger partial charge on any atom is 0.228 e. The van der Waals surface area contributed by atoms with Crippen LogP contribution in [-0.2, 0) is 4.79 Å². The number of hydrogen-bond acceptors (Lipinski definition) is 1. The van der Waals surface area contributed by atoms with Gasteiger partial charge in [0.05, 0.1) is 0 Å². The predicted octanol–water partition coefficient (Wildman–Crippen LogP) is 3.59. The molecule has 0 aromatic heterocycles. The van der Waals surface area contributed by atoms with Crippen LogP contribution in [0.2, 0.25) is 0 Å². The van der Waals surface area contributed by atoms with Crippen LogP contribution >= 0.6 is 15.9 Å². The number of likely N-dealkylation sites (tertiary alicyclic amines) is 1. The molecule has 3 heteroatoms. The van der Waals surface area contributed by atoms with Crippen LogP contribution in [-0.4, -0.2) is 29.2 Å². The zero-order valence-electron chi connectivity index (χ0n) is 10.9. The molecule has 0 aromatic carbocycles. The fraction of sp³-hybridized carbons (Fsp3) is 0.929. The van der Waals surface area contributed by atoms with Gasteiger partial charge in [-0.1, -0.05) is 42.1 Å². The summed E-state index contributed by atoms with van der Waals surface area (Å²) in [6.07, 6.45) is 8.40. The molecule has 17 heavy (non-hydrogen) atoms. The molecule has 1 heterocycles. The molecule has 2 rings (SSSR count). The smallest absolute Gasteiger partial charge is 0.228 e. The Morgan fingerprint density at radius 3 is 2.71 bits per heavy atom. The lowest BCUT2D eigenvalue weighted by Crippen LogP contribution is -2.42. The van der Waals surface area contributed by atoms with Gasteiger partial charge >= 0.3 is 0 Å². The SMILES string of the molecule is CC1(C(=O)N2CCC(CCBr)C2)CCCCC1. The van der Waals surface area contributed by atoms with E-state index in [1.54, 1.807) is 0 Å². The summed E-state index contributed by atoms with van der Waals surface area (Å²) in [6.45, 7) is 4.18. The van der Waals surface area contributed by atoms with Crippen molar-refractivity contribution in [1.29, 1.82) is 0 Å². The third-order valence-corrected chi connectivity index (χ3v) is 5.02. The fourth-order valence-electron chi connectivity index (χ4n) is 3.33. The molecular weight excluding hydrogens is 278 g/mol. The van der Waals surface area contributed by atoms with Crippen molar-refractivity contribution >= 4 is 21.8 Å². The number of carbonyl (C=O) groups is 1. The summed E-state index contributed by atoms with van der Waals surface area (Å²) in [5, 5.41) is 1.07. The highest BCUT2D eigenvalue weighted by Gasteiger charge is 2.39. The highest BCUT2D eigenvalue weighted by Crippen LogP contribution is 2.38. The Morgan fingerprint density at radius 1 is 1.35 bits per heavy atom. The van der Waals surface area contributed by atoms with Crippen molar-refractivity contribution in [2.45, 2.75) is 51.9 Å². The van der Waals surface area contributed by atoms with E-state index in [-0.39, 0.29) is 5.41 Å². The molecule has 2 nitrogen and oxygen atoms in total. The molecule has 1 aliphatic carbocycles. The lowest BCUT2D eigenvalue weighted by Gasteiger charge is -2.35. The number of hydrogen-bond donors (Lipinski definition) is 0. The number of rotatable bonds is 3. The second-order valence-electron chi connectivity index (χ2n) is 6.00. The molecule has 98 valence electrons. The Kier molecular flexibility index (Phi) is 4.51. The summed E-state index contributed by atoms with van der Waals surface area (Å²) in [5.74, 6) is 1.17. The Hall–Kier alpha value is -0.0500. The number of nitrogens with zero attached hydrogens (tertiary/aromatic N) is 1. The molecule has 0 N–H and O–H groups in total. The van der Waals surface area contributed by atoms with Gasteiger partial charge in [-0.05, 0) is 31.6 Å². The van der Waals surface area contributed by atoms with Gasteiger partial charge in [0.2, 0.25) is 5.91 Å². The van der Waals surface area contributed by atoms with Crippen LogP contribution in [0.4, 0.5) is 0 Å². The minimum absolute atomic E-state index is 0.0401. The van der Waals surface area contributed by atoms with Crippen molar-refractivity contribution in [3.63, 3.8) is 0 Å². The van der Waals surface area contributed by atoms with Gasteiger partial charge in [0.1, 0.15) is 0 Å². The monoisotopic (exact) mass is 301 g/mol. The molecule has 0 aromatic rings. The molecule has 0 spiro atoms. The molecular formula is C14H24BrNO. The highest BCUT2D eigenvalue weighted by atomic mass is 79.9. The Morgan fingerprint density at radius 2 is 2.06 bits per heavy atom. The molecule has 2 aliphatic rings. The van der Waals surface area contributed by atoms with E-state index < -0.39 is 0 Å². The largest absolute Gasteiger partial charge is 0.342 e. The normalized spacial score (nSPS) is 28.4. The lowest BCUT2D eigenvalue weighted by atomic mass is 9.74. The lowest BCUT2D eigenvalue weighted by molar-refractivity contribution is -0.142. The number of amides is 1. The zero-order valence-corrected chi connectivity index (χ0v) is 12.5. The standard InChI is InChI=1S/C14H24BrNO/c1-14(7-3-2-4-8-14)13(17)16-10-6-12(11-16)5-9-15/h12H,2-11H2,1H3. The fourth-order valence-corrected chi connectivity index (χ4v) is 3.98. The van der Waals surface area contributed by atoms with E-state index in [4.69, 9.17) is 0 Å². The molecule has 1 saturated heterocycles. The molecule has 1 amide bonds. The van der Waals surface area contributed by atoms with Gasteiger partial charge in [0.25, 0.3) is 0 Å². The third-order valence-electron chi connectivity index (χ3n) is 4.56. The topological polar surface area (TPSA) is 20.3 Å². The van der Waals surface area contributed by atoms with Gasteiger partial charge < -0.3 is 4.90 Å². The van der Waals surface area contributed by atoms with E-state index in [0.717, 1.165) is 37.2 Å². The van der Waals surface area contributed by atoms with Crippen molar-refractivity contribution in [2.24, 2.45) is 11.3 Å². The van der Waals surface area contributed by atoms with Crippen molar-refractivity contribution in [1.82, 2.24) is 4.90 Å². The van der Waals surface area contributed by atoms with Crippen molar-refractivity contribution < 1.29 is 4.79 Å². The van der Waals surface area contributed by atoms with Crippen molar-refractivity contribution in [3.8, 4) is 0 Å². The summed E-state index contributed by atoms with van der Waals surface area (Å²) in [6, 6.07) is 0. The average molecular weight is 302 g/mol. The summed E-state index contributed by atoms with van der Waals surface area (Å²) >= 11 is 3.50. The Balaban J connectivity index is 1.91. The summed E-state index contributed by atoms with van der Waals surface area (Å²) in [5.41, 5.74) is -0.0401. The van der Waals surface area contributed by atoms with Crippen LogP contribution in [0.25, 0.3) is 0 Å². The zero-order chi connectivity index (χ0) is 12.3. The Labute approximate surface area is 113 Å². The van der Waals surface area contributed by atoms with E-state index in [9.17, 15) is 4.79 Å². The quantitative estimate of drug-likeness (QED) is 0.730. The molecule has 2 fully saturated rings. The van der Waals surface area contributed by atoms with Crippen LogP contribution < -0.4 is 0 Å². The summed E-state index contributed by atoms with van der Waals surface area (Å²) in [4.78, 5) is 14.7. The van der Waals surface area contributed by atoms with E-state index in [2.05, 4.69) is 27.8 Å². The van der Waals surface area contributed by atoms with Crippen LogP contribution in [0.3, 0.4) is 0 Å². The highest BCUT2D eigenvalue weighted by molar-refractivity contribution is 9.09. The third kappa shape index (κ3) is 3.04. The molecule has 1 atom stereocenters. The second-order valence-corrected chi connectivity index (χ2v) is 6.80. The Bertz CT molecular complexity index is 273. The van der Waals surface area contributed by atoms with Crippen molar-refractivity contribution in [3.05, 3.63) is 0 Å². The minimum Gasteiger partial charge on any atom is -0.342 e. The predicted molar refractivity (Wildman–Crippen MR) is 74.3 cm³/mol. The van der Waals surface area contributed by atoms with Gasteiger partial charge in [-0.25, -0.2) is 0 Å². The molecule has 1 saturated carbocycles. The van der Waals surface area contributed by atoms with Crippen molar-refractivity contribution in [2.75, 3.05) is 18.4 Å². The van der Waals surface area contributed by atoms with E-state index >= 15 is 0 Å². The second kappa shape index (κ2) is 5.73. The van der Waals surface area contributed by atoms with Gasteiger partial charge in [0, 0.05) is 23.8 Å². The first-order chi connectivity index (χ1) is 8.15. The van der Waals surface area contributed by atoms with E-state index in [0.29, 0.717) is 5.91 Å². The van der Waals surface area contributed by atoms with E-state index in [1.807, 2.05) is 0 Å².